The van der Waals surface area contributed by atoms with Gasteiger partial charge in [0.25, 0.3) is 5.91 Å². The molecule has 0 aliphatic carbocycles. The maximum Gasteiger partial charge on any atom is 0.306 e. The summed E-state index contributed by atoms with van der Waals surface area (Å²) in [5.74, 6) is -0.376. The lowest BCUT2D eigenvalue weighted by Crippen LogP contribution is -2.28. The number of Topliss-reactive ketones (excluding diaryl/α,β-unsaturated/α-hetero) is 1. The molecule has 0 spiro atoms. The average molecular weight is 293 g/mol. The Bertz CT molecular complexity index is 513. The van der Waals surface area contributed by atoms with Crippen LogP contribution in [0.5, 0.6) is 5.75 Å². The number of methoxy groups -OCH3 is 1. The van der Waals surface area contributed by atoms with Crippen molar-refractivity contribution in [3.63, 3.8) is 0 Å². The monoisotopic (exact) mass is 293 g/mol. The lowest BCUT2D eigenvalue weighted by molar-refractivity contribution is -0.149. The largest absolute Gasteiger partial charge is 0.496 e. The molecule has 0 saturated carbocycles. The molecule has 1 aromatic rings. The van der Waals surface area contributed by atoms with Crippen LogP contribution in [-0.2, 0) is 25.7 Å². The van der Waals surface area contributed by atoms with Gasteiger partial charge in [0.2, 0.25) is 0 Å². The highest BCUT2D eigenvalue weighted by molar-refractivity contribution is 5.83. The summed E-state index contributed by atoms with van der Waals surface area (Å²) in [6, 6.07) is 7.30. The third kappa shape index (κ3) is 6.56. The minimum atomic E-state index is -0.558. The fraction of sp³-hybridized carbons (Fsp3) is 0.400. The highest BCUT2D eigenvalue weighted by Gasteiger charge is 2.09. The van der Waals surface area contributed by atoms with Crippen LogP contribution >= 0.6 is 0 Å². The second-order valence-electron chi connectivity index (χ2n) is 4.45. The van der Waals surface area contributed by atoms with Crippen molar-refractivity contribution >= 4 is 17.7 Å². The van der Waals surface area contributed by atoms with Crippen molar-refractivity contribution in [3.8, 4) is 5.75 Å². The molecular formula is C15H19NO5. The van der Waals surface area contributed by atoms with Gasteiger partial charge in [-0.05, 0) is 13.0 Å². The van der Waals surface area contributed by atoms with Crippen molar-refractivity contribution in [1.29, 1.82) is 0 Å². The van der Waals surface area contributed by atoms with Gasteiger partial charge in [-0.3, -0.25) is 9.59 Å². The number of benzene rings is 1. The number of rotatable bonds is 8. The minimum Gasteiger partial charge on any atom is -0.496 e. The summed E-state index contributed by atoms with van der Waals surface area (Å²) in [7, 11) is 1.55. The molecule has 0 aliphatic heterocycles. The van der Waals surface area contributed by atoms with E-state index in [1.54, 1.807) is 13.2 Å². The molecule has 6 heteroatoms. The number of carbonyl (C=O) groups excluding carboxylic acids is 3. The second-order valence-corrected chi connectivity index (χ2v) is 4.45. The fourth-order valence-corrected chi connectivity index (χ4v) is 1.59. The minimum absolute atomic E-state index is 0.00484. The highest BCUT2D eigenvalue weighted by Crippen LogP contribution is 2.16. The molecule has 1 N–H and O–H groups in total. The van der Waals surface area contributed by atoms with E-state index in [-0.39, 0.29) is 31.8 Å². The van der Waals surface area contributed by atoms with Crippen LogP contribution in [0.1, 0.15) is 25.3 Å². The van der Waals surface area contributed by atoms with Gasteiger partial charge in [-0.25, -0.2) is 0 Å². The number of hydrogen-bond donors (Lipinski definition) is 1. The number of amides is 1. The first-order chi connectivity index (χ1) is 10.0. The zero-order chi connectivity index (χ0) is 15.7. The molecule has 1 rings (SSSR count). The van der Waals surface area contributed by atoms with Crippen molar-refractivity contribution in [2.45, 2.75) is 26.3 Å². The first-order valence-electron chi connectivity index (χ1n) is 6.56. The topological polar surface area (TPSA) is 81.7 Å². The van der Waals surface area contributed by atoms with Crippen molar-refractivity contribution in [1.82, 2.24) is 5.32 Å². The summed E-state index contributed by atoms with van der Waals surface area (Å²) >= 11 is 0. The Hall–Kier alpha value is -2.37. The molecule has 0 unspecified atom stereocenters. The Morgan fingerprint density at radius 1 is 1.14 bits per heavy atom. The van der Waals surface area contributed by atoms with Gasteiger partial charge in [-0.2, -0.15) is 0 Å². The summed E-state index contributed by atoms with van der Waals surface area (Å²) in [6.45, 7) is 1.33. The summed E-state index contributed by atoms with van der Waals surface area (Å²) in [5, 5.41) is 2.63. The molecule has 0 aromatic heterocycles. The van der Waals surface area contributed by atoms with Crippen LogP contribution in [0, 0.1) is 0 Å². The van der Waals surface area contributed by atoms with E-state index < -0.39 is 11.9 Å². The maximum absolute atomic E-state index is 11.6. The Kier molecular flexibility index (Phi) is 6.94. The van der Waals surface area contributed by atoms with E-state index in [0.29, 0.717) is 5.75 Å². The average Bonchev–Trinajstić information content (AvgIpc) is 2.49. The van der Waals surface area contributed by atoms with Crippen molar-refractivity contribution in [3.05, 3.63) is 29.8 Å². The predicted molar refractivity (Wildman–Crippen MR) is 75.7 cm³/mol. The Morgan fingerprint density at radius 3 is 2.52 bits per heavy atom. The normalized spacial score (nSPS) is 9.81. The first-order valence-corrected chi connectivity index (χ1v) is 6.56. The lowest BCUT2D eigenvalue weighted by Gasteiger charge is -2.09. The van der Waals surface area contributed by atoms with Gasteiger partial charge in [0.05, 0.1) is 13.5 Å². The number of esters is 1. The molecule has 0 radical (unpaired) electrons. The van der Waals surface area contributed by atoms with Gasteiger partial charge in [0, 0.05) is 18.5 Å². The van der Waals surface area contributed by atoms with E-state index in [1.165, 1.54) is 6.92 Å². The first kappa shape index (κ1) is 16.7. The van der Waals surface area contributed by atoms with Gasteiger partial charge >= 0.3 is 5.97 Å². The molecule has 0 heterocycles. The number of ether oxygens (including phenoxy) is 2. The quantitative estimate of drug-likeness (QED) is 0.729. The molecule has 1 amide bonds. The van der Waals surface area contributed by atoms with Crippen LogP contribution in [0.4, 0.5) is 0 Å². The van der Waals surface area contributed by atoms with Gasteiger partial charge in [0.1, 0.15) is 11.5 Å². The predicted octanol–water partition coefficient (Wildman–Crippen LogP) is 1.22. The van der Waals surface area contributed by atoms with E-state index >= 15 is 0 Å². The lowest BCUT2D eigenvalue weighted by atomic mass is 10.2. The number of para-hydroxylation sites is 1. The molecule has 1 aromatic carbocycles. The summed E-state index contributed by atoms with van der Waals surface area (Å²) < 4.78 is 9.93. The van der Waals surface area contributed by atoms with E-state index in [0.717, 1.165) is 5.56 Å². The molecule has 0 aliphatic rings. The summed E-state index contributed by atoms with van der Waals surface area (Å²) in [4.78, 5) is 33.5. The maximum atomic E-state index is 11.6. The molecule has 0 saturated heterocycles. The Labute approximate surface area is 123 Å². The van der Waals surface area contributed by atoms with Crippen LogP contribution in [-0.4, -0.2) is 31.4 Å². The van der Waals surface area contributed by atoms with Crippen LogP contribution in [0.3, 0.4) is 0 Å². The molecule has 0 bridgehead atoms. The molecule has 6 nitrogen and oxygen atoms in total. The standard InChI is InChI=1S/C15H19NO5/c1-11(17)7-8-15(19)21-10-14(18)16-9-12-5-3-4-6-13(12)20-2/h3-6H,7-10H2,1-2H3,(H,16,18). The van der Waals surface area contributed by atoms with Gasteiger partial charge in [0.15, 0.2) is 6.61 Å². The number of nitrogens with one attached hydrogen (secondary N) is 1. The van der Waals surface area contributed by atoms with E-state index in [2.05, 4.69) is 5.32 Å². The third-order valence-electron chi connectivity index (χ3n) is 2.71. The molecule has 0 atom stereocenters. The van der Waals surface area contributed by atoms with Gasteiger partial charge in [-0.15, -0.1) is 0 Å². The van der Waals surface area contributed by atoms with Crippen molar-refractivity contribution < 1.29 is 23.9 Å². The van der Waals surface area contributed by atoms with E-state index in [1.807, 2.05) is 18.2 Å². The number of carbonyl (C=O) groups is 3. The van der Waals surface area contributed by atoms with Crippen LogP contribution < -0.4 is 10.1 Å². The Morgan fingerprint density at radius 2 is 1.86 bits per heavy atom. The zero-order valence-corrected chi connectivity index (χ0v) is 12.2. The second kappa shape index (κ2) is 8.73. The van der Waals surface area contributed by atoms with E-state index in [9.17, 15) is 14.4 Å². The van der Waals surface area contributed by atoms with E-state index in [4.69, 9.17) is 9.47 Å². The van der Waals surface area contributed by atoms with Crippen molar-refractivity contribution in [2.75, 3.05) is 13.7 Å². The number of ketones is 1. The van der Waals surface area contributed by atoms with Crippen molar-refractivity contribution in [2.24, 2.45) is 0 Å². The highest BCUT2D eigenvalue weighted by atomic mass is 16.5. The smallest absolute Gasteiger partial charge is 0.306 e. The van der Waals surface area contributed by atoms with Gasteiger partial charge in [-0.1, -0.05) is 18.2 Å². The number of hydrogen-bond acceptors (Lipinski definition) is 5. The summed E-state index contributed by atoms with van der Waals surface area (Å²) in [5.41, 5.74) is 0.830. The third-order valence-corrected chi connectivity index (χ3v) is 2.71. The fourth-order valence-electron chi connectivity index (χ4n) is 1.59. The zero-order valence-electron chi connectivity index (χ0n) is 12.2. The van der Waals surface area contributed by atoms with Crippen LogP contribution in [0.15, 0.2) is 24.3 Å². The van der Waals surface area contributed by atoms with Crippen LogP contribution in [0.2, 0.25) is 0 Å². The van der Waals surface area contributed by atoms with Crippen LogP contribution in [0.25, 0.3) is 0 Å². The van der Waals surface area contributed by atoms with Gasteiger partial charge < -0.3 is 19.6 Å². The SMILES string of the molecule is COc1ccccc1CNC(=O)COC(=O)CCC(C)=O. The molecular weight excluding hydrogens is 274 g/mol. The molecule has 0 fully saturated rings. The summed E-state index contributed by atoms with van der Waals surface area (Å²) in [6.07, 6.45) is 0.122. The molecule has 21 heavy (non-hydrogen) atoms. The molecule has 114 valence electrons. The Balaban J connectivity index is 2.31.